The van der Waals surface area contributed by atoms with Crippen LogP contribution >= 0.6 is 0 Å². The second kappa shape index (κ2) is 8.34. The zero-order chi connectivity index (χ0) is 21.2. The number of pyridine rings is 1. The highest BCUT2D eigenvalue weighted by atomic mass is 16.2. The van der Waals surface area contributed by atoms with Gasteiger partial charge in [-0.25, -0.2) is 0 Å². The van der Waals surface area contributed by atoms with Gasteiger partial charge in [-0.05, 0) is 36.0 Å². The van der Waals surface area contributed by atoms with E-state index in [-0.39, 0.29) is 11.9 Å². The Morgan fingerprint density at radius 3 is 2.19 bits per heavy atom. The number of amides is 2. The van der Waals surface area contributed by atoms with Crippen LogP contribution in [0.25, 0.3) is 11.3 Å². The van der Waals surface area contributed by atoms with Crippen molar-refractivity contribution in [3.63, 3.8) is 0 Å². The van der Waals surface area contributed by atoms with Gasteiger partial charge < -0.3 is 9.80 Å². The van der Waals surface area contributed by atoms with Crippen LogP contribution in [0.1, 0.15) is 29.9 Å². The number of carbonyl (C=O) groups excluding carboxylic acids is 2. The lowest BCUT2D eigenvalue weighted by molar-refractivity contribution is -0.159. The molecule has 31 heavy (non-hydrogen) atoms. The number of aromatic nitrogens is 1. The molecule has 2 aromatic carbocycles. The van der Waals surface area contributed by atoms with E-state index in [1.807, 2.05) is 48.5 Å². The molecule has 0 bridgehead atoms. The maximum Gasteiger partial charge on any atom is 0.312 e. The SMILES string of the molecule is O=C1C(=O)N([C@H]2C[C@H](c3ccccc3)C2)CCN1Cc1ccc(-c2ccccc2)nc1. The molecule has 1 saturated carbocycles. The van der Waals surface area contributed by atoms with E-state index in [1.54, 1.807) is 16.0 Å². The maximum atomic E-state index is 12.8. The third-order valence-corrected chi connectivity index (χ3v) is 6.43. The van der Waals surface area contributed by atoms with Crippen LogP contribution in [-0.2, 0) is 16.1 Å². The molecule has 3 aromatic rings. The van der Waals surface area contributed by atoms with E-state index in [0.29, 0.717) is 25.6 Å². The van der Waals surface area contributed by atoms with Crippen LogP contribution in [0.3, 0.4) is 0 Å². The Balaban J connectivity index is 1.18. The fourth-order valence-corrected chi connectivity index (χ4v) is 4.55. The summed E-state index contributed by atoms with van der Waals surface area (Å²) in [6.07, 6.45) is 3.67. The first-order chi connectivity index (χ1) is 15.2. The first-order valence-electron chi connectivity index (χ1n) is 10.8. The van der Waals surface area contributed by atoms with E-state index in [9.17, 15) is 9.59 Å². The van der Waals surface area contributed by atoms with Crippen molar-refractivity contribution in [1.82, 2.24) is 14.8 Å². The van der Waals surface area contributed by atoms with Crippen LogP contribution in [0.5, 0.6) is 0 Å². The molecule has 0 radical (unpaired) electrons. The van der Waals surface area contributed by atoms with Crippen LogP contribution in [-0.4, -0.2) is 45.7 Å². The number of hydrogen-bond donors (Lipinski definition) is 0. The number of rotatable bonds is 5. The molecule has 156 valence electrons. The molecule has 1 aliphatic carbocycles. The predicted octanol–water partition coefficient (Wildman–Crippen LogP) is 3.87. The number of benzene rings is 2. The van der Waals surface area contributed by atoms with Gasteiger partial charge in [0.2, 0.25) is 0 Å². The minimum atomic E-state index is -0.401. The normalized spacial score (nSPS) is 21.2. The molecule has 1 saturated heterocycles. The fraction of sp³-hybridized carbons (Fsp3) is 0.269. The van der Waals surface area contributed by atoms with Crippen LogP contribution in [0.4, 0.5) is 0 Å². The molecule has 5 nitrogen and oxygen atoms in total. The first kappa shape index (κ1) is 19.5. The van der Waals surface area contributed by atoms with Crippen molar-refractivity contribution in [2.75, 3.05) is 13.1 Å². The molecule has 2 fully saturated rings. The summed E-state index contributed by atoms with van der Waals surface area (Å²) >= 11 is 0. The Labute approximate surface area is 182 Å². The van der Waals surface area contributed by atoms with E-state index in [2.05, 4.69) is 29.2 Å². The lowest BCUT2D eigenvalue weighted by Crippen LogP contribution is -2.59. The smallest absolute Gasteiger partial charge is 0.312 e. The van der Waals surface area contributed by atoms with Crippen molar-refractivity contribution >= 4 is 11.8 Å². The van der Waals surface area contributed by atoms with Crippen LogP contribution in [0, 0.1) is 0 Å². The first-order valence-corrected chi connectivity index (χ1v) is 10.8. The zero-order valence-electron chi connectivity index (χ0n) is 17.4. The molecule has 2 amide bonds. The summed E-state index contributed by atoms with van der Waals surface area (Å²) in [6.45, 7) is 1.58. The number of hydrogen-bond acceptors (Lipinski definition) is 3. The summed E-state index contributed by atoms with van der Waals surface area (Å²) in [5, 5.41) is 0. The van der Waals surface area contributed by atoms with E-state index in [0.717, 1.165) is 29.7 Å². The zero-order valence-corrected chi connectivity index (χ0v) is 17.4. The molecule has 2 aliphatic rings. The molecule has 2 heterocycles. The van der Waals surface area contributed by atoms with Crippen LogP contribution in [0.15, 0.2) is 79.0 Å². The van der Waals surface area contributed by atoms with Gasteiger partial charge in [-0.3, -0.25) is 14.6 Å². The molecular weight excluding hydrogens is 386 g/mol. The lowest BCUT2D eigenvalue weighted by atomic mass is 9.75. The highest BCUT2D eigenvalue weighted by Gasteiger charge is 2.42. The quantitative estimate of drug-likeness (QED) is 0.599. The summed E-state index contributed by atoms with van der Waals surface area (Å²) in [6, 6.07) is 24.5. The summed E-state index contributed by atoms with van der Waals surface area (Å²) in [5.74, 6) is -0.278. The minimum Gasteiger partial charge on any atom is -0.330 e. The van der Waals surface area contributed by atoms with Crippen LogP contribution in [0.2, 0.25) is 0 Å². The molecule has 1 aromatic heterocycles. The van der Waals surface area contributed by atoms with Gasteiger partial charge in [-0.2, -0.15) is 0 Å². The largest absolute Gasteiger partial charge is 0.330 e. The molecule has 0 unspecified atom stereocenters. The van der Waals surface area contributed by atoms with E-state index in [4.69, 9.17) is 0 Å². The fourth-order valence-electron chi connectivity index (χ4n) is 4.55. The van der Waals surface area contributed by atoms with Crippen molar-refractivity contribution in [3.05, 3.63) is 90.1 Å². The lowest BCUT2D eigenvalue weighted by Gasteiger charge is -2.46. The van der Waals surface area contributed by atoms with Gasteiger partial charge in [-0.15, -0.1) is 0 Å². The molecule has 0 atom stereocenters. The van der Waals surface area contributed by atoms with E-state index < -0.39 is 5.91 Å². The van der Waals surface area contributed by atoms with Gasteiger partial charge in [0.25, 0.3) is 0 Å². The summed E-state index contributed by atoms with van der Waals surface area (Å²) < 4.78 is 0. The second-order valence-corrected chi connectivity index (χ2v) is 8.38. The van der Waals surface area contributed by atoms with Gasteiger partial charge in [0.1, 0.15) is 0 Å². The van der Waals surface area contributed by atoms with Gasteiger partial charge >= 0.3 is 11.8 Å². The van der Waals surface area contributed by atoms with Crippen molar-refractivity contribution in [2.24, 2.45) is 0 Å². The Kier molecular flexibility index (Phi) is 5.24. The third-order valence-electron chi connectivity index (χ3n) is 6.43. The summed E-state index contributed by atoms with van der Waals surface area (Å²) in [5.41, 5.74) is 4.21. The van der Waals surface area contributed by atoms with Gasteiger partial charge in [0.15, 0.2) is 0 Å². The number of nitrogens with zero attached hydrogens (tertiary/aromatic N) is 3. The van der Waals surface area contributed by atoms with Crippen molar-refractivity contribution < 1.29 is 9.59 Å². The van der Waals surface area contributed by atoms with E-state index in [1.165, 1.54) is 5.56 Å². The highest BCUT2D eigenvalue weighted by molar-refractivity contribution is 6.35. The third kappa shape index (κ3) is 3.96. The standard InChI is InChI=1S/C26H25N3O2/c30-25-26(31)29(23-15-22(16-23)20-7-3-1-4-8-20)14-13-28(25)18-19-11-12-24(27-17-19)21-9-5-2-6-10-21/h1-12,17,22-23H,13-16,18H2/t22-,23-. The molecule has 5 rings (SSSR count). The average molecular weight is 412 g/mol. The minimum absolute atomic E-state index is 0.177. The molecule has 5 heteroatoms. The average Bonchev–Trinajstić information content (AvgIpc) is 2.79. The second-order valence-electron chi connectivity index (χ2n) is 8.38. The Morgan fingerprint density at radius 2 is 1.52 bits per heavy atom. The Bertz CT molecular complexity index is 1060. The highest BCUT2D eigenvalue weighted by Crippen LogP contribution is 2.40. The summed E-state index contributed by atoms with van der Waals surface area (Å²) in [7, 11) is 0. The molecule has 1 aliphatic heterocycles. The van der Waals surface area contributed by atoms with Gasteiger partial charge in [-0.1, -0.05) is 66.7 Å². The number of piperazine rings is 1. The van der Waals surface area contributed by atoms with Crippen molar-refractivity contribution in [3.8, 4) is 11.3 Å². The van der Waals surface area contributed by atoms with Crippen molar-refractivity contribution in [1.29, 1.82) is 0 Å². The monoisotopic (exact) mass is 411 g/mol. The van der Waals surface area contributed by atoms with E-state index >= 15 is 0 Å². The van der Waals surface area contributed by atoms with Crippen LogP contribution < -0.4 is 0 Å². The summed E-state index contributed by atoms with van der Waals surface area (Å²) in [4.78, 5) is 33.5. The predicted molar refractivity (Wildman–Crippen MR) is 119 cm³/mol. The van der Waals surface area contributed by atoms with Gasteiger partial charge in [0, 0.05) is 37.4 Å². The maximum absolute atomic E-state index is 12.8. The molecular formula is C26H25N3O2. The Morgan fingerprint density at radius 1 is 0.806 bits per heavy atom. The number of carbonyl (C=O) groups is 2. The Hall–Kier alpha value is -3.47. The van der Waals surface area contributed by atoms with Gasteiger partial charge in [0.05, 0.1) is 5.69 Å². The topological polar surface area (TPSA) is 53.5 Å². The van der Waals surface area contributed by atoms with Crippen molar-refractivity contribution in [2.45, 2.75) is 31.3 Å². The molecule has 0 spiro atoms. The molecule has 0 N–H and O–H groups in total.